The van der Waals surface area contributed by atoms with Crippen molar-refractivity contribution in [3.05, 3.63) is 91.5 Å². The van der Waals surface area contributed by atoms with Crippen LogP contribution in [0.15, 0.2) is 41.2 Å². The van der Waals surface area contributed by atoms with Gasteiger partial charge in [0.2, 0.25) is 88.6 Å². The van der Waals surface area contributed by atoms with Crippen molar-refractivity contribution in [2.75, 3.05) is 113 Å². The Morgan fingerprint density at radius 1 is 0.675 bits per heavy atom. The van der Waals surface area contributed by atoms with Crippen molar-refractivity contribution in [3.63, 3.8) is 0 Å². The van der Waals surface area contributed by atoms with Crippen LogP contribution in [0.25, 0.3) is 22.3 Å². The van der Waals surface area contributed by atoms with Crippen LogP contribution >= 0.6 is 0 Å². The van der Waals surface area contributed by atoms with Gasteiger partial charge in [0.05, 0.1) is 113 Å². The van der Waals surface area contributed by atoms with Gasteiger partial charge in [-0.05, 0) is 85.9 Å². The van der Waals surface area contributed by atoms with Crippen molar-refractivity contribution in [1.82, 2.24) is 81.9 Å². The molecule has 16 amide bonds. The number of alkyl carbamates (subject to hydrolysis) is 1. The number of ether oxygens (including phenoxy) is 2. The zero-order valence-corrected chi connectivity index (χ0v) is 64.9. The summed E-state index contributed by atoms with van der Waals surface area (Å²) in [7, 11) is 6.26. The van der Waals surface area contributed by atoms with E-state index in [2.05, 4.69) is 53.2 Å². The summed E-state index contributed by atoms with van der Waals surface area (Å²) in [6.07, 6.45) is -2.58. The molecule has 114 heavy (non-hydrogen) atoms. The van der Waals surface area contributed by atoms with E-state index in [1.165, 1.54) is 90.1 Å². The number of cyclic esters (lactones) is 1. The standard InChI is InChI=1S/C73H96FN19O21/c1-12-73(112)45-21-50-66-43(29-93(50)70(109)44(45)35-113-71(73)110)64-48(19-17-42-37(4)46(74)22-49(86-66)63(42)64)87-72(111)114-51(40-13-15-41(16-14-40)85-67(106)38(5)83-69(108)65(36(2)3)84-39(6)94)23-77-53(96)20-18-47(75)68(107)82-28-62(105)92(11)34-57(100)81-27-61(104)91(10)33-56(99)80-26-60(103)90(9)32-55(98)79-25-59(102)89(8)31-54(97)78-24-58(101)88(7)30-52(76)95/h13-16,21-22,36,38,47-48,51,65,112H,12,17-20,23-35,75H2,1-11H3,(H2,76,95)(H,77,96)(H,78,97)(H,79,98)(H,80,99)(H,81,100)(H,82,107)(H,83,108)(H,84,94)(H,85,106)(H,87,111)/t38-,47-,48-,51-,65-,73-/m0/s1. The number of fused-ring (bicyclic) bond motifs is 5. The average Bonchev–Trinajstić information content (AvgIpc) is 1.49. The quantitative estimate of drug-likeness (QED) is 0.0167. The summed E-state index contributed by atoms with van der Waals surface area (Å²) in [6.45, 7) is 2.98. The molecule has 40 nitrogen and oxygen atoms in total. The van der Waals surface area contributed by atoms with Gasteiger partial charge in [0.15, 0.2) is 5.60 Å². The molecule has 1 aliphatic carbocycles. The maximum absolute atomic E-state index is 15.8. The number of hydrogen-bond donors (Lipinski definition) is 13. The minimum atomic E-state index is -2.14. The zero-order chi connectivity index (χ0) is 84.5. The number of carbonyl (C=O) groups excluding carboxylic acids is 17. The number of aryl methyl sites for hydroxylation is 1. The van der Waals surface area contributed by atoms with E-state index in [0.29, 0.717) is 33.2 Å². The maximum Gasteiger partial charge on any atom is 0.408 e. The van der Waals surface area contributed by atoms with Crippen LogP contribution in [0.5, 0.6) is 0 Å². The van der Waals surface area contributed by atoms with Gasteiger partial charge in [-0.25, -0.2) is 19.0 Å². The van der Waals surface area contributed by atoms with E-state index < -0.39 is 220 Å². The number of anilines is 1. The Kier molecular flexibility index (Phi) is 30.4. The Labute approximate surface area is 652 Å². The third kappa shape index (κ3) is 22.8. The van der Waals surface area contributed by atoms with Gasteiger partial charge in [-0.3, -0.25) is 76.7 Å². The summed E-state index contributed by atoms with van der Waals surface area (Å²) in [5.74, 6) is -12.4. The fraction of sp³-hybridized carbons (Fsp3) is 0.493. The summed E-state index contributed by atoms with van der Waals surface area (Å²) in [5.41, 5.74) is 11.9. The predicted octanol–water partition coefficient (Wildman–Crippen LogP) is -4.83. The topological polar surface area (TPSA) is 552 Å². The van der Waals surface area contributed by atoms with Crippen molar-refractivity contribution < 1.29 is 100 Å². The molecule has 0 saturated carbocycles. The molecule has 0 bridgehead atoms. The van der Waals surface area contributed by atoms with Crippen LogP contribution in [0.2, 0.25) is 0 Å². The second kappa shape index (κ2) is 39.1. The molecule has 2 aliphatic heterocycles. The van der Waals surface area contributed by atoms with Gasteiger partial charge >= 0.3 is 12.1 Å². The number of aromatic nitrogens is 2. The molecule has 6 atom stereocenters. The number of pyridine rings is 2. The van der Waals surface area contributed by atoms with Crippen LogP contribution in [-0.4, -0.2) is 265 Å². The normalized spacial score (nSPS) is 15.2. The molecule has 41 heteroatoms. The highest BCUT2D eigenvalue weighted by molar-refractivity contribution is 5.99. The van der Waals surface area contributed by atoms with Gasteiger partial charge in [-0.15, -0.1) is 0 Å². The minimum Gasteiger partial charge on any atom is -0.458 e. The van der Waals surface area contributed by atoms with E-state index in [1.807, 2.05) is 0 Å². The number of rotatable bonds is 36. The molecule has 0 radical (unpaired) electrons. The van der Waals surface area contributed by atoms with Crippen molar-refractivity contribution >= 4 is 117 Å². The Morgan fingerprint density at radius 2 is 1.18 bits per heavy atom. The molecule has 0 fully saturated rings. The molecule has 0 saturated heterocycles. The van der Waals surface area contributed by atoms with Crippen molar-refractivity contribution in [2.24, 2.45) is 17.4 Å². The lowest BCUT2D eigenvalue weighted by Crippen LogP contribution is -2.53. The van der Waals surface area contributed by atoms with Crippen LogP contribution in [-0.2, 0) is 111 Å². The highest BCUT2D eigenvalue weighted by Gasteiger charge is 2.46. The number of likely N-dealkylation sites (N-methyl/N-ethyl adjacent to an activating group) is 5. The first-order chi connectivity index (χ1) is 53.6. The van der Waals surface area contributed by atoms with Gasteiger partial charge < -0.3 is 108 Å². The number of esters is 1. The van der Waals surface area contributed by atoms with Gasteiger partial charge in [0.1, 0.15) is 30.6 Å². The average molecular weight is 1590 g/mol. The van der Waals surface area contributed by atoms with Gasteiger partial charge in [-0.1, -0.05) is 32.9 Å². The number of benzene rings is 2. The van der Waals surface area contributed by atoms with Crippen LogP contribution < -0.4 is 70.2 Å². The minimum absolute atomic E-state index is 0.0556. The fourth-order valence-corrected chi connectivity index (χ4v) is 12.5. The van der Waals surface area contributed by atoms with E-state index in [0.717, 1.165) is 24.5 Å². The number of amides is 16. The molecule has 2 aromatic heterocycles. The summed E-state index contributed by atoms with van der Waals surface area (Å²) < 4.78 is 28.5. The Morgan fingerprint density at radius 3 is 1.68 bits per heavy atom. The molecule has 15 N–H and O–H groups in total. The lowest BCUT2D eigenvalue weighted by molar-refractivity contribution is -0.172. The van der Waals surface area contributed by atoms with Gasteiger partial charge in [0, 0.05) is 76.8 Å². The van der Waals surface area contributed by atoms with E-state index in [4.69, 9.17) is 25.9 Å². The number of halogens is 1. The Hall–Kier alpha value is -12.6. The SMILES string of the molecule is CC[C@@]1(O)C(=O)OCc2c1cc1n(c2=O)Cc2c-1nc1cc(F)c(C)c3c1c2[C@@H](NC(=O)O[C@@H](CNC(=O)CC[C@H](N)C(=O)NCC(=O)N(C)CC(=O)NCC(=O)N(C)CC(=O)NCC(=O)N(C)CC(=O)NCC(=O)N(C)CC(=O)NCC(=O)N(C)CC(N)=O)c1ccc(NC(=O)[C@H](C)NC(=O)[C@@H](NC(C)=O)C(C)C)cc1)CC3. The fourth-order valence-electron chi connectivity index (χ4n) is 12.5. The van der Waals surface area contributed by atoms with E-state index >= 15 is 4.39 Å². The predicted molar refractivity (Wildman–Crippen MR) is 400 cm³/mol. The van der Waals surface area contributed by atoms with E-state index in [-0.39, 0.29) is 84.8 Å². The zero-order valence-electron chi connectivity index (χ0n) is 64.9. The lowest BCUT2D eigenvalue weighted by atomic mass is 9.81. The number of nitrogens with one attached hydrogen (secondary N) is 10. The first kappa shape index (κ1) is 88.7. The van der Waals surface area contributed by atoms with Crippen LogP contribution in [0.1, 0.15) is 111 Å². The van der Waals surface area contributed by atoms with E-state index in [9.17, 15) is 91.4 Å². The van der Waals surface area contributed by atoms with Crippen LogP contribution in [0.3, 0.4) is 0 Å². The van der Waals surface area contributed by atoms with Crippen LogP contribution in [0, 0.1) is 18.7 Å². The number of primary amides is 1. The summed E-state index contributed by atoms with van der Waals surface area (Å²) in [6, 6.07) is 4.48. The van der Waals surface area contributed by atoms with Crippen molar-refractivity contribution in [3.8, 4) is 11.4 Å². The van der Waals surface area contributed by atoms with Crippen molar-refractivity contribution in [1.29, 1.82) is 0 Å². The number of nitrogens with two attached hydrogens (primary N) is 2. The highest BCUT2D eigenvalue weighted by atomic mass is 19.1. The van der Waals surface area contributed by atoms with Gasteiger partial charge in [-0.2, -0.15) is 0 Å². The maximum atomic E-state index is 15.8. The summed E-state index contributed by atoms with van der Waals surface area (Å²) in [4.78, 5) is 241. The molecule has 3 aliphatic rings. The first-order valence-electron chi connectivity index (χ1n) is 36.2. The molecule has 0 unspecified atom stereocenters. The Balaban J connectivity index is 0.892. The molecular formula is C73H96FN19O21. The second-order valence-electron chi connectivity index (χ2n) is 28.2. The van der Waals surface area contributed by atoms with Crippen molar-refractivity contribution in [2.45, 2.75) is 123 Å². The largest absolute Gasteiger partial charge is 0.458 e. The molecule has 7 rings (SSSR count). The molecule has 2 aromatic carbocycles. The summed E-state index contributed by atoms with van der Waals surface area (Å²) in [5, 5.41) is 37.1. The van der Waals surface area contributed by atoms with E-state index in [1.54, 1.807) is 27.7 Å². The molecular weight excluding hydrogens is 1500 g/mol. The summed E-state index contributed by atoms with van der Waals surface area (Å²) >= 11 is 0. The third-order valence-corrected chi connectivity index (χ3v) is 19.2. The molecule has 616 valence electrons. The molecule has 4 heterocycles. The molecule has 0 spiro atoms. The highest BCUT2D eigenvalue weighted by Crippen LogP contribution is 2.46. The smallest absolute Gasteiger partial charge is 0.408 e. The van der Waals surface area contributed by atoms with Gasteiger partial charge in [0.25, 0.3) is 5.56 Å². The first-order valence-corrected chi connectivity index (χ1v) is 36.2. The second-order valence-corrected chi connectivity index (χ2v) is 28.2. The lowest BCUT2D eigenvalue weighted by Gasteiger charge is -2.31. The molecule has 4 aromatic rings. The monoisotopic (exact) mass is 1590 g/mol. The number of hydrogen-bond acceptors (Lipinski definition) is 23. The Bertz CT molecular complexity index is 4550. The third-order valence-electron chi connectivity index (χ3n) is 19.2. The number of aliphatic hydroxyl groups is 1. The van der Waals surface area contributed by atoms with Crippen LogP contribution in [0.4, 0.5) is 14.9 Å². The number of nitrogens with zero attached hydrogens (tertiary/aromatic N) is 7. The number of carbonyl (C=O) groups is 17.